The number of aromatic amines is 1. The molecule has 0 spiro atoms. The highest BCUT2D eigenvalue weighted by molar-refractivity contribution is 6.00. The van der Waals surface area contributed by atoms with Crippen LogP contribution in [0.2, 0.25) is 0 Å². The summed E-state index contributed by atoms with van der Waals surface area (Å²) in [5.74, 6) is 0.862. The molecule has 1 aromatic heterocycles. The van der Waals surface area contributed by atoms with E-state index < -0.39 is 0 Å². The maximum atomic E-state index is 13.2. The van der Waals surface area contributed by atoms with Crippen molar-refractivity contribution in [3.8, 4) is 11.8 Å². The zero-order valence-electron chi connectivity index (χ0n) is 18.0. The molecule has 0 aliphatic rings. The number of hydrogen-bond donors (Lipinski definition) is 1. The fourth-order valence-corrected chi connectivity index (χ4v) is 3.84. The Bertz CT molecular complexity index is 1540. The first-order valence-corrected chi connectivity index (χ1v) is 10.6. The molecular formula is C28H20FN3O. The number of H-pyrrole nitrogens is 1. The summed E-state index contributed by atoms with van der Waals surface area (Å²) in [5, 5.41) is 12.0. The third-order valence-corrected chi connectivity index (χ3v) is 5.54. The average Bonchev–Trinajstić information content (AvgIpc) is 3.25. The van der Waals surface area contributed by atoms with Crippen molar-refractivity contribution in [1.82, 2.24) is 9.97 Å². The molecule has 1 N–H and O–H groups in total. The Balaban J connectivity index is 1.59. The van der Waals surface area contributed by atoms with Crippen LogP contribution in [0.15, 0.2) is 78.9 Å². The van der Waals surface area contributed by atoms with E-state index in [1.807, 2.05) is 67.6 Å². The number of fused-ring (bicyclic) bond motifs is 2. The van der Waals surface area contributed by atoms with Crippen molar-refractivity contribution in [3.05, 3.63) is 107 Å². The molecular weight excluding hydrogens is 413 g/mol. The Morgan fingerprint density at radius 2 is 1.88 bits per heavy atom. The fraction of sp³-hybridized carbons (Fsp3) is 0.0714. The molecule has 5 heteroatoms. The number of aryl methyl sites for hydroxylation is 1. The minimum atomic E-state index is -0.284. The molecule has 4 aromatic carbocycles. The Hall–Kier alpha value is -4.43. The number of nitrogens with one attached hydrogen (secondary N) is 1. The van der Waals surface area contributed by atoms with E-state index in [4.69, 9.17) is 4.74 Å². The standard InChI is InChI=1S/C28H20FN3O/c1-18-6-12-25-26(14-18)32-28(31-25)21(16-30)15-24-23-5-3-2-4-20(23)9-13-27(24)33-17-19-7-10-22(29)11-8-19/h2-15H,17H2,1H3,(H,31,32)/b21-15-. The first kappa shape index (κ1) is 20.5. The number of allylic oxidation sites excluding steroid dienone is 1. The van der Waals surface area contributed by atoms with Gasteiger partial charge < -0.3 is 9.72 Å². The Morgan fingerprint density at radius 3 is 2.70 bits per heavy atom. The van der Waals surface area contributed by atoms with Crippen molar-refractivity contribution in [2.45, 2.75) is 13.5 Å². The summed E-state index contributed by atoms with van der Waals surface area (Å²) < 4.78 is 19.4. The van der Waals surface area contributed by atoms with Gasteiger partial charge in [0, 0.05) is 5.56 Å². The lowest BCUT2D eigenvalue weighted by Crippen LogP contribution is -1.98. The van der Waals surface area contributed by atoms with Crippen LogP contribution in [0.25, 0.3) is 33.5 Å². The van der Waals surface area contributed by atoms with Crippen LogP contribution in [0.1, 0.15) is 22.5 Å². The molecule has 4 nitrogen and oxygen atoms in total. The number of imidazole rings is 1. The van der Waals surface area contributed by atoms with Gasteiger partial charge in [-0.3, -0.25) is 0 Å². The summed E-state index contributed by atoms with van der Waals surface area (Å²) in [4.78, 5) is 7.87. The molecule has 5 aromatic rings. The largest absolute Gasteiger partial charge is 0.488 e. The van der Waals surface area contributed by atoms with Crippen molar-refractivity contribution in [2.24, 2.45) is 0 Å². The predicted molar refractivity (Wildman–Crippen MR) is 129 cm³/mol. The van der Waals surface area contributed by atoms with Crippen LogP contribution in [-0.4, -0.2) is 9.97 Å². The number of ether oxygens (including phenoxy) is 1. The van der Waals surface area contributed by atoms with E-state index in [1.165, 1.54) is 12.1 Å². The summed E-state index contributed by atoms with van der Waals surface area (Å²) in [5.41, 5.74) is 4.87. The van der Waals surface area contributed by atoms with Crippen LogP contribution in [-0.2, 0) is 6.61 Å². The molecule has 0 bridgehead atoms. The minimum absolute atomic E-state index is 0.283. The van der Waals surface area contributed by atoms with Crippen LogP contribution in [0.5, 0.6) is 5.75 Å². The molecule has 0 saturated heterocycles. The van der Waals surface area contributed by atoms with Crippen LogP contribution < -0.4 is 4.74 Å². The normalized spacial score (nSPS) is 11.6. The van der Waals surface area contributed by atoms with Gasteiger partial charge in [-0.1, -0.05) is 48.5 Å². The maximum absolute atomic E-state index is 13.2. The van der Waals surface area contributed by atoms with Gasteiger partial charge in [-0.25, -0.2) is 9.37 Å². The highest BCUT2D eigenvalue weighted by Gasteiger charge is 2.13. The number of halogens is 1. The molecule has 0 unspecified atom stereocenters. The molecule has 33 heavy (non-hydrogen) atoms. The van der Waals surface area contributed by atoms with Crippen LogP contribution >= 0.6 is 0 Å². The number of rotatable bonds is 5. The van der Waals surface area contributed by atoms with Crippen LogP contribution in [0.4, 0.5) is 4.39 Å². The second-order valence-corrected chi connectivity index (χ2v) is 7.89. The van der Waals surface area contributed by atoms with Crippen LogP contribution in [0, 0.1) is 24.1 Å². The van der Waals surface area contributed by atoms with E-state index >= 15 is 0 Å². The second-order valence-electron chi connectivity index (χ2n) is 7.89. The number of benzene rings is 4. The number of hydrogen-bond acceptors (Lipinski definition) is 3. The molecule has 5 rings (SSSR count). The number of aromatic nitrogens is 2. The van der Waals surface area contributed by atoms with Gasteiger partial charge >= 0.3 is 0 Å². The number of nitrogens with zero attached hydrogens (tertiary/aromatic N) is 2. The summed E-state index contributed by atoms with van der Waals surface area (Å²) in [6.07, 6.45) is 1.81. The van der Waals surface area contributed by atoms with Gasteiger partial charge in [-0.15, -0.1) is 0 Å². The molecule has 0 saturated carbocycles. The van der Waals surface area contributed by atoms with E-state index in [0.717, 1.165) is 38.5 Å². The summed E-state index contributed by atoms with van der Waals surface area (Å²) in [6.45, 7) is 2.30. The monoisotopic (exact) mass is 433 g/mol. The van der Waals surface area contributed by atoms with Gasteiger partial charge in [-0.05, 0) is 65.2 Å². The Labute approximate surface area is 190 Å². The smallest absolute Gasteiger partial charge is 0.149 e. The number of nitriles is 1. The molecule has 0 amide bonds. The molecule has 0 fully saturated rings. The van der Waals surface area contributed by atoms with E-state index in [-0.39, 0.29) is 12.4 Å². The SMILES string of the molecule is Cc1ccc2nc(/C(C#N)=C\c3c(OCc4ccc(F)cc4)ccc4ccccc34)[nH]c2c1. The van der Waals surface area contributed by atoms with E-state index in [0.29, 0.717) is 17.1 Å². The first-order chi connectivity index (χ1) is 16.1. The maximum Gasteiger partial charge on any atom is 0.149 e. The highest BCUT2D eigenvalue weighted by atomic mass is 19.1. The molecule has 0 atom stereocenters. The molecule has 160 valence electrons. The van der Waals surface area contributed by atoms with Gasteiger partial charge in [0.15, 0.2) is 0 Å². The highest BCUT2D eigenvalue weighted by Crippen LogP contribution is 2.32. The summed E-state index contributed by atoms with van der Waals surface area (Å²) >= 11 is 0. The van der Waals surface area contributed by atoms with E-state index in [1.54, 1.807) is 12.1 Å². The van der Waals surface area contributed by atoms with Gasteiger partial charge in [0.25, 0.3) is 0 Å². The molecule has 0 aliphatic carbocycles. The van der Waals surface area contributed by atoms with Gasteiger partial charge in [0.05, 0.1) is 16.6 Å². The second kappa shape index (κ2) is 8.60. The van der Waals surface area contributed by atoms with Crippen molar-refractivity contribution >= 4 is 33.5 Å². The topological polar surface area (TPSA) is 61.7 Å². The summed E-state index contributed by atoms with van der Waals surface area (Å²) in [6, 6.07) is 26.3. The van der Waals surface area contributed by atoms with Gasteiger partial charge in [0.1, 0.15) is 30.1 Å². The molecule has 0 aliphatic heterocycles. The Morgan fingerprint density at radius 1 is 1.06 bits per heavy atom. The lowest BCUT2D eigenvalue weighted by Gasteiger charge is -2.13. The molecule has 1 heterocycles. The predicted octanol–water partition coefficient (Wildman–Crippen LogP) is 6.81. The van der Waals surface area contributed by atoms with E-state index in [9.17, 15) is 9.65 Å². The van der Waals surface area contributed by atoms with Gasteiger partial charge in [-0.2, -0.15) is 5.26 Å². The lowest BCUT2D eigenvalue weighted by atomic mass is 10.0. The van der Waals surface area contributed by atoms with Crippen LogP contribution in [0.3, 0.4) is 0 Å². The van der Waals surface area contributed by atoms with Crippen molar-refractivity contribution in [3.63, 3.8) is 0 Å². The summed E-state index contributed by atoms with van der Waals surface area (Å²) in [7, 11) is 0. The van der Waals surface area contributed by atoms with E-state index in [2.05, 4.69) is 16.0 Å². The molecule has 0 radical (unpaired) electrons. The fourth-order valence-electron chi connectivity index (χ4n) is 3.84. The van der Waals surface area contributed by atoms with Crippen molar-refractivity contribution < 1.29 is 9.13 Å². The quantitative estimate of drug-likeness (QED) is 0.310. The minimum Gasteiger partial charge on any atom is -0.488 e. The third kappa shape index (κ3) is 4.19. The van der Waals surface area contributed by atoms with Crippen molar-refractivity contribution in [2.75, 3.05) is 0 Å². The average molecular weight is 433 g/mol. The Kier molecular flexibility index (Phi) is 5.34. The lowest BCUT2D eigenvalue weighted by molar-refractivity contribution is 0.306. The zero-order valence-corrected chi connectivity index (χ0v) is 18.0. The zero-order chi connectivity index (χ0) is 22.8. The van der Waals surface area contributed by atoms with Crippen molar-refractivity contribution in [1.29, 1.82) is 5.26 Å². The van der Waals surface area contributed by atoms with Gasteiger partial charge in [0.2, 0.25) is 0 Å². The first-order valence-electron chi connectivity index (χ1n) is 10.6. The third-order valence-electron chi connectivity index (χ3n) is 5.54.